The molecule has 106 valence electrons. The number of hydrogen-bond acceptors (Lipinski definition) is 4. The second kappa shape index (κ2) is 5.63. The topological polar surface area (TPSA) is 41.6 Å². The Labute approximate surface area is 127 Å². The molecular formula is C14H16N2O2S2. The molecular weight excluding hydrogens is 292 g/mol. The fraction of sp³-hybridized carbons (Fsp3) is 0.429. The van der Waals surface area contributed by atoms with Crippen molar-refractivity contribution >= 4 is 40.7 Å². The molecule has 1 N–H and O–H groups in total. The van der Waals surface area contributed by atoms with Gasteiger partial charge in [0.1, 0.15) is 5.70 Å². The molecule has 0 aliphatic carbocycles. The van der Waals surface area contributed by atoms with Crippen LogP contribution in [0.2, 0.25) is 0 Å². The molecule has 6 heteroatoms. The van der Waals surface area contributed by atoms with Gasteiger partial charge in [0.05, 0.1) is 12.6 Å². The molecule has 0 aromatic carbocycles. The van der Waals surface area contributed by atoms with Crippen LogP contribution in [0.3, 0.4) is 0 Å². The van der Waals surface area contributed by atoms with Gasteiger partial charge in [-0.15, -0.1) is 11.3 Å². The van der Waals surface area contributed by atoms with Crippen LogP contribution in [-0.4, -0.2) is 35.2 Å². The summed E-state index contributed by atoms with van der Waals surface area (Å²) in [5.74, 6) is -0.0587. The molecule has 1 unspecified atom stereocenters. The van der Waals surface area contributed by atoms with Crippen LogP contribution < -0.4 is 5.32 Å². The summed E-state index contributed by atoms with van der Waals surface area (Å²) in [6, 6.07) is 4.05. The van der Waals surface area contributed by atoms with E-state index in [0.29, 0.717) is 17.4 Å². The lowest BCUT2D eigenvalue weighted by atomic mass is 10.2. The third kappa shape index (κ3) is 2.77. The molecule has 2 saturated heterocycles. The average Bonchev–Trinajstić information content (AvgIpc) is 3.10. The fourth-order valence-electron chi connectivity index (χ4n) is 2.40. The zero-order chi connectivity index (χ0) is 14.1. The second-order valence-corrected chi connectivity index (χ2v) is 6.69. The van der Waals surface area contributed by atoms with E-state index in [1.165, 1.54) is 4.88 Å². The summed E-state index contributed by atoms with van der Waals surface area (Å²) in [5, 5.41) is 3.48. The number of carbonyl (C=O) groups is 1. The van der Waals surface area contributed by atoms with Crippen LogP contribution in [0.1, 0.15) is 22.6 Å². The van der Waals surface area contributed by atoms with E-state index in [4.69, 9.17) is 17.0 Å². The van der Waals surface area contributed by atoms with Crippen molar-refractivity contribution in [1.29, 1.82) is 0 Å². The van der Waals surface area contributed by atoms with Crippen LogP contribution in [-0.2, 0) is 9.53 Å². The van der Waals surface area contributed by atoms with Crippen LogP contribution in [0.5, 0.6) is 0 Å². The third-order valence-electron chi connectivity index (χ3n) is 3.42. The Morgan fingerprint density at radius 3 is 3.10 bits per heavy atom. The molecule has 3 rings (SSSR count). The Morgan fingerprint density at radius 2 is 2.45 bits per heavy atom. The predicted molar refractivity (Wildman–Crippen MR) is 83.5 cm³/mol. The van der Waals surface area contributed by atoms with E-state index in [1.54, 1.807) is 16.2 Å². The van der Waals surface area contributed by atoms with Gasteiger partial charge in [0.25, 0.3) is 5.91 Å². The molecule has 2 aliphatic rings. The highest BCUT2D eigenvalue weighted by molar-refractivity contribution is 7.80. The van der Waals surface area contributed by atoms with Gasteiger partial charge in [0.2, 0.25) is 0 Å². The minimum atomic E-state index is -0.0587. The fourth-order valence-corrected chi connectivity index (χ4v) is 3.49. The molecule has 1 amide bonds. The molecule has 1 aromatic rings. The minimum absolute atomic E-state index is 0.0587. The number of amides is 1. The molecule has 0 saturated carbocycles. The SMILES string of the molecule is Cc1ccc(C=C2NC(=S)N(CC3CCCO3)C2=O)s1. The molecule has 0 radical (unpaired) electrons. The number of nitrogens with zero attached hydrogens (tertiary/aromatic N) is 1. The minimum Gasteiger partial charge on any atom is -0.376 e. The van der Waals surface area contributed by atoms with Gasteiger partial charge in [-0.25, -0.2) is 0 Å². The first-order chi connectivity index (χ1) is 9.63. The monoisotopic (exact) mass is 308 g/mol. The van der Waals surface area contributed by atoms with Gasteiger partial charge in [-0.3, -0.25) is 9.69 Å². The van der Waals surface area contributed by atoms with Crippen LogP contribution in [0.4, 0.5) is 0 Å². The maximum atomic E-state index is 12.4. The third-order valence-corrected chi connectivity index (χ3v) is 4.69. The van der Waals surface area contributed by atoms with Gasteiger partial charge in [0, 0.05) is 16.4 Å². The van der Waals surface area contributed by atoms with Gasteiger partial charge < -0.3 is 10.1 Å². The predicted octanol–water partition coefficient (Wildman–Crippen LogP) is 2.29. The lowest BCUT2D eigenvalue weighted by Gasteiger charge is -2.18. The highest BCUT2D eigenvalue weighted by Gasteiger charge is 2.33. The quantitative estimate of drug-likeness (QED) is 0.687. The number of carbonyl (C=O) groups excluding carboxylic acids is 1. The number of rotatable bonds is 3. The van der Waals surface area contributed by atoms with Crippen molar-refractivity contribution < 1.29 is 9.53 Å². The zero-order valence-electron chi connectivity index (χ0n) is 11.2. The van der Waals surface area contributed by atoms with Crippen LogP contribution in [0.15, 0.2) is 17.8 Å². The Balaban J connectivity index is 1.74. The number of hydrogen-bond donors (Lipinski definition) is 1. The molecule has 0 spiro atoms. The van der Waals surface area contributed by atoms with Crippen molar-refractivity contribution in [3.05, 3.63) is 27.6 Å². The van der Waals surface area contributed by atoms with Crippen LogP contribution in [0.25, 0.3) is 6.08 Å². The molecule has 1 aromatic heterocycles. The number of aryl methyl sites for hydroxylation is 1. The summed E-state index contributed by atoms with van der Waals surface area (Å²) < 4.78 is 5.57. The molecule has 20 heavy (non-hydrogen) atoms. The Bertz CT molecular complexity index is 573. The maximum absolute atomic E-state index is 12.4. The summed E-state index contributed by atoms with van der Waals surface area (Å²) in [6.07, 6.45) is 4.03. The number of thiophene rings is 1. The number of thiocarbonyl (C=S) groups is 1. The highest BCUT2D eigenvalue weighted by atomic mass is 32.1. The van der Waals surface area contributed by atoms with Gasteiger partial charge in [-0.1, -0.05) is 0 Å². The van der Waals surface area contributed by atoms with Crippen molar-refractivity contribution in [2.45, 2.75) is 25.9 Å². The lowest BCUT2D eigenvalue weighted by molar-refractivity contribution is -0.123. The Kier molecular flexibility index (Phi) is 3.87. The second-order valence-electron chi connectivity index (χ2n) is 4.99. The largest absolute Gasteiger partial charge is 0.376 e. The van der Waals surface area contributed by atoms with Crippen molar-refractivity contribution in [2.24, 2.45) is 0 Å². The van der Waals surface area contributed by atoms with E-state index < -0.39 is 0 Å². The first-order valence-electron chi connectivity index (χ1n) is 6.66. The van der Waals surface area contributed by atoms with E-state index in [1.807, 2.05) is 25.1 Å². The summed E-state index contributed by atoms with van der Waals surface area (Å²) >= 11 is 6.91. The van der Waals surface area contributed by atoms with E-state index >= 15 is 0 Å². The average molecular weight is 308 g/mol. The van der Waals surface area contributed by atoms with Crippen molar-refractivity contribution in [3.8, 4) is 0 Å². The molecule has 2 fully saturated rings. The van der Waals surface area contributed by atoms with Gasteiger partial charge in [-0.2, -0.15) is 0 Å². The molecule has 0 bridgehead atoms. The highest BCUT2D eigenvalue weighted by Crippen LogP contribution is 2.22. The maximum Gasteiger partial charge on any atom is 0.276 e. The van der Waals surface area contributed by atoms with Crippen molar-refractivity contribution in [1.82, 2.24) is 10.2 Å². The molecule has 4 nitrogen and oxygen atoms in total. The normalized spacial score (nSPS) is 24.8. The van der Waals surface area contributed by atoms with E-state index in [-0.39, 0.29) is 12.0 Å². The van der Waals surface area contributed by atoms with E-state index in [2.05, 4.69) is 5.32 Å². The zero-order valence-corrected chi connectivity index (χ0v) is 12.9. The van der Waals surface area contributed by atoms with Gasteiger partial charge in [-0.05, 0) is 50.2 Å². The Morgan fingerprint density at radius 1 is 1.60 bits per heavy atom. The summed E-state index contributed by atoms with van der Waals surface area (Å²) in [5.41, 5.74) is 0.551. The summed E-state index contributed by atoms with van der Waals surface area (Å²) in [4.78, 5) is 16.3. The summed E-state index contributed by atoms with van der Waals surface area (Å²) in [6.45, 7) is 3.38. The first kappa shape index (κ1) is 13.7. The molecule has 3 heterocycles. The molecule has 1 atom stereocenters. The first-order valence-corrected chi connectivity index (χ1v) is 7.88. The summed E-state index contributed by atoms with van der Waals surface area (Å²) in [7, 11) is 0. The van der Waals surface area contributed by atoms with Crippen molar-refractivity contribution in [3.63, 3.8) is 0 Å². The standard InChI is InChI=1S/C14H16N2O2S2/c1-9-4-5-11(20-9)7-12-13(17)16(14(19)15-12)8-10-3-2-6-18-10/h4-5,7,10H,2-3,6,8H2,1H3,(H,15,19). The Hall–Kier alpha value is -1.24. The van der Waals surface area contributed by atoms with Gasteiger partial charge >= 0.3 is 0 Å². The van der Waals surface area contributed by atoms with Crippen LogP contribution >= 0.6 is 23.6 Å². The molecule has 2 aliphatic heterocycles. The number of ether oxygens (including phenoxy) is 1. The number of nitrogens with one attached hydrogen (secondary N) is 1. The van der Waals surface area contributed by atoms with Crippen LogP contribution in [0, 0.1) is 6.92 Å². The van der Waals surface area contributed by atoms with E-state index in [9.17, 15) is 4.79 Å². The van der Waals surface area contributed by atoms with E-state index in [0.717, 1.165) is 24.3 Å². The van der Waals surface area contributed by atoms with Crippen molar-refractivity contribution in [2.75, 3.05) is 13.2 Å². The smallest absolute Gasteiger partial charge is 0.276 e. The lowest BCUT2D eigenvalue weighted by Crippen LogP contribution is -2.37. The van der Waals surface area contributed by atoms with Gasteiger partial charge in [0.15, 0.2) is 5.11 Å².